The van der Waals surface area contributed by atoms with Gasteiger partial charge in [0.1, 0.15) is 16.4 Å². The molecule has 0 heterocycles. The summed E-state index contributed by atoms with van der Waals surface area (Å²) >= 11 is 0. The van der Waals surface area contributed by atoms with Gasteiger partial charge in [0, 0.05) is 6.04 Å². The van der Waals surface area contributed by atoms with Crippen LogP contribution in [-0.4, -0.2) is 28.0 Å². The van der Waals surface area contributed by atoms with Gasteiger partial charge in [0.2, 0.25) is 10.0 Å². The third-order valence-corrected chi connectivity index (χ3v) is 6.69. The fourth-order valence-electron chi connectivity index (χ4n) is 2.28. The van der Waals surface area contributed by atoms with Crippen LogP contribution >= 0.6 is 0 Å². The minimum absolute atomic E-state index is 0.00401. The minimum atomic E-state index is -4.07. The summed E-state index contributed by atoms with van der Waals surface area (Å²) in [6.07, 6.45) is 2.66. The Labute approximate surface area is 146 Å². The van der Waals surface area contributed by atoms with Gasteiger partial charge in [-0.3, -0.25) is 0 Å². The molecule has 0 saturated heterocycles. The Hall–Kier alpha value is -2.10. The maximum Gasteiger partial charge on any atom is 0.339 e. The molecule has 25 heavy (non-hydrogen) atoms. The van der Waals surface area contributed by atoms with Crippen LogP contribution in [0.2, 0.25) is 0 Å². The zero-order valence-electron chi connectivity index (χ0n) is 13.1. The molecule has 0 bridgehead atoms. The number of sulfonamides is 1. The fourth-order valence-corrected chi connectivity index (χ4v) is 4.51. The molecule has 0 radical (unpaired) electrons. The van der Waals surface area contributed by atoms with E-state index in [0.29, 0.717) is 0 Å². The van der Waals surface area contributed by atoms with Gasteiger partial charge in [0.05, 0.1) is 4.90 Å². The van der Waals surface area contributed by atoms with Gasteiger partial charge in [-0.25, -0.2) is 13.1 Å². The van der Waals surface area contributed by atoms with E-state index in [9.17, 15) is 21.9 Å². The van der Waals surface area contributed by atoms with E-state index >= 15 is 0 Å². The van der Waals surface area contributed by atoms with Crippen molar-refractivity contribution in [3.05, 3.63) is 48.5 Å². The lowest BCUT2D eigenvalue weighted by atomic mass is 9.94. The quantitative estimate of drug-likeness (QED) is 0.738. The molecule has 2 aromatic rings. The number of aromatic hydroxyl groups is 1. The first kappa shape index (κ1) is 17.7. The van der Waals surface area contributed by atoms with E-state index in [2.05, 4.69) is 4.72 Å². The molecule has 134 valence electrons. The van der Waals surface area contributed by atoms with Crippen molar-refractivity contribution in [3.63, 3.8) is 0 Å². The van der Waals surface area contributed by atoms with Crippen molar-refractivity contribution in [2.24, 2.45) is 0 Å². The third-order valence-electron chi connectivity index (χ3n) is 3.89. The molecular formula is C16H17NO6S2. The van der Waals surface area contributed by atoms with Crippen molar-refractivity contribution in [2.75, 3.05) is 0 Å². The summed E-state index contributed by atoms with van der Waals surface area (Å²) in [6, 6.07) is 10.0. The number of benzene rings is 2. The van der Waals surface area contributed by atoms with Crippen molar-refractivity contribution in [1.82, 2.24) is 4.72 Å². The number of nitrogens with one attached hydrogen (secondary N) is 1. The Balaban J connectivity index is 1.75. The number of hydrogen-bond donors (Lipinski definition) is 2. The van der Waals surface area contributed by atoms with E-state index in [4.69, 9.17) is 4.18 Å². The van der Waals surface area contributed by atoms with E-state index in [1.165, 1.54) is 48.5 Å². The highest BCUT2D eigenvalue weighted by molar-refractivity contribution is 7.89. The summed E-state index contributed by atoms with van der Waals surface area (Å²) in [7, 11) is -7.69. The second kappa shape index (κ2) is 6.66. The van der Waals surface area contributed by atoms with E-state index in [-0.39, 0.29) is 27.3 Å². The molecule has 0 unspecified atom stereocenters. The number of phenolic OH excluding ortho intramolecular Hbond substituents is 1. The molecule has 2 N–H and O–H groups in total. The van der Waals surface area contributed by atoms with Gasteiger partial charge in [0.25, 0.3) is 0 Å². The van der Waals surface area contributed by atoms with Crippen LogP contribution in [0.3, 0.4) is 0 Å². The summed E-state index contributed by atoms with van der Waals surface area (Å²) in [5.41, 5.74) is 0. The molecule has 0 amide bonds. The van der Waals surface area contributed by atoms with Crippen LogP contribution in [0, 0.1) is 0 Å². The average Bonchev–Trinajstić information content (AvgIpc) is 2.52. The molecule has 7 nitrogen and oxygen atoms in total. The fraction of sp³-hybridized carbons (Fsp3) is 0.250. The molecule has 9 heteroatoms. The maximum atomic E-state index is 12.2. The summed E-state index contributed by atoms with van der Waals surface area (Å²) < 4.78 is 56.3. The molecule has 1 aliphatic rings. The average molecular weight is 383 g/mol. The molecule has 1 fully saturated rings. The van der Waals surface area contributed by atoms with Gasteiger partial charge in [-0.2, -0.15) is 8.42 Å². The molecule has 0 aromatic heterocycles. The van der Waals surface area contributed by atoms with E-state index < -0.39 is 20.1 Å². The predicted molar refractivity (Wildman–Crippen MR) is 90.3 cm³/mol. The van der Waals surface area contributed by atoms with Crippen molar-refractivity contribution in [3.8, 4) is 11.5 Å². The Morgan fingerprint density at radius 3 is 1.96 bits per heavy atom. The Kier molecular flexibility index (Phi) is 4.72. The maximum absolute atomic E-state index is 12.2. The summed E-state index contributed by atoms with van der Waals surface area (Å²) in [5, 5.41) is 9.20. The lowest BCUT2D eigenvalue weighted by molar-refractivity contribution is 0.383. The third kappa shape index (κ3) is 4.12. The molecule has 3 rings (SSSR count). The number of phenols is 1. The zero-order valence-corrected chi connectivity index (χ0v) is 14.8. The second-order valence-corrected chi connectivity index (χ2v) is 9.01. The highest BCUT2D eigenvalue weighted by Crippen LogP contribution is 2.24. The molecule has 1 saturated carbocycles. The van der Waals surface area contributed by atoms with Crippen LogP contribution in [0.15, 0.2) is 58.3 Å². The van der Waals surface area contributed by atoms with Crippen LogP contribution in [0.25, 0.3) is 0 Å². The van der Waals surface area contributed by atoms with E-state index in [0.717, 1.165) is 19.3 Å². The van der Waals surface area contributed by atoms with Crippen LogP contribution < -0.4 is 8.91 Å². The summed E-state index contributed by atoms with van der Waals surface area (Å²) in [6.45, 7) is 0. The first-order valence-electron chi connectivity index (χ1n) is 7.62. The monoisotopic (exact) mass is 383 g/mol. The van der Waals surface area contributed by atoms with E-state index in [1.54, 1.807) is 0 Å². The minimum Gasteiger partial charge on any atom is -0.508 e. The van der Waals surface area contributed by atoms with Crippen molar-refractivity contribution < 1.29 is 26.1 Å². The first-order valence-corrected chi connectivity index (χ1v) is 10.5. The van der Waals surface area contributed by atoms with Gasteiger partial charge in [-0.05, 0) is 61.4 Å². The smallest absolute Gasteiger partial charge is 0.339 e. The predicted octanol–water partition coefficient (Wildman–Crippen LogP) is 1.99. The SMILES string of the molecule is O=S(=O)(NC1CCC1)c1ccc(OS(=O)(=O)c2ccc(O)cc2)cc1. The molecule has 0 atom stereocenters. The van der Waals surface area contributed by atoms with Crippen LogP contribution in [0.5, 0.6) is 11.5 Å². The summed E-state index contributed by atoms with van der Waals surface area (Å²) in [5.74, 6) is -0.0665. The van der Waals surface area contributed by atoms with Crippen molar-refractivity contribution in [2.45, 2.75) is 35.1 Å². The summed E-state index contributed by atoms with van der Waals surface area (Å²) in [4.78, 5) is -0.0672. The van der Waals surface area contributed by atoms with Gasteiger partial charge in [0.15, 0.2) is 0 Å². The van der Waals surface area contributed by atoms with Gasteiger partial charge in [-0.15, -0.1) is 0 Å². The van der Waals surface area contributed by atoms with Crippen LogP contribution in [0.4, 0.5) is 0 Å². The van der Waals surface area contributed by atoms with Gasteiger partial charge >= 0.3 is 10.1 Å². The topological polar surface area (TPSA) is 110 Å². The van der Waals surface area contributed by atoms with Crippen molar-refractivity contribution >= 4 is 20.1 Å². The normalized spacial score (nSPS) is 15.5. The van der Waals surface area contributed by atoms with Crippen LogP contribution in [-0.2, 0) is 20.1 Å². The molecular weight excluding hydrogens is 366 g/mol. The van der Waals surface area contributed by atoms with Gasteiger partial charge < -0.3 is 9.29 Å². The highest BCUT2D eigenvalue weighted by atomic mass is 32.2. The number of rotatable bonds is 6. The highest BCUT2D eigenvalue weighted by Gasteiger charge is 2.25. The molecule has 0 aliphatic heterocycles. The van der Waals surface area contributed by atoms with Crippen LogP contribution in [0.1, 0.15) is 19.3 Å². The standard InChI is InChI=1S/C16H17NO6S2/c18-13-4-8-16(9-5-13)25(21,22)23-14-6-10-15(11-7-14)24(19,20)17-12-2-1-3-12/h4-12,17-18H,1-3H2. The molecule has 0 spiro atoms. The van der Waals surface area contributed by atoms with Crippen molar-refractivity contribution in [1.29, 1.82) is 0 Å². The van der Waals surface area contributed by atoms with Gasteiger partial charge in [-0.1, -0.05) is 6.42 Å². The number of hydrogen-bond acceptors (Lipinski definition) is 6. The second-order valence-electron chi connectivity index (χ2n) is 5.75. The molecule has 2 aromatic carbocycles. The molecule has 1 aliphatic carbocycles. The lowest BCUT2D eigenvalue weighted by Gasteiger charge is -2.26. The zero-order chi connectivity index (χ0) is 18.1. The Bertz CT molecular complexity index is 947. The first-order chi connectivity index (χ1) is 11.8. The Morgan fingerprint density at radius 1 is 0.880 bits per heavy atom. The lowest BCUT2D eigenvalue weighted by Crippen LogP contribution is -2.39. The Morgan fingerprint density at radius 2 is 1.44 bits per heavy atom. The largest absolute Gasteiger partial charge is 0.508 e. The van der Waals surface area contributed by atoms with E-state index in [1.807, 2.05) is 0 Å².